The molecule has 2 atom stereocenters. The highest BCUT2D eigenvalue weighted by atomic mass is 127. The van der Waals surface area contributed by atoms with Crippen LogP contribution in [0.25, 0.3) is 0 Å². The molecule has 0 radical (unpaired) electrons. The van der Waals surface area contributed by atoms with Crippen LogP contribution in [0.5, 0.6) is 0 Å². The van der Waals surface area contributed by atoms with E-state index in [1.165, 1.54) is 32.2 Å². The molecule has 7 nitrogen and oxygen atoms in total. The number of likely N-dealkylation sites (tertiary alicyclic amines) is 2. The van der Waals surface area contributed by atoms with Gasteiger partial charge in [-0.25, -0.2) is 0 Å². The van der Waals surface area contributed by atoms with Gasteiger partial charge in [-0.3, -0.25) is 9.89 Å². The molecule has 0 spiro atoms. The molecule has 2 unspecified atom stereocenters. The summed E-state index contributed by atoms with van der Waals surface area (Å²) in [6.07, 6.45) is 8.97. The third-order valence-electron chi connectivity index (χ3n) is 6.32. The maximum absolute atomic E-state index is 6.15. The van der Waals surface area contributed by atoms with Gasteiger partial charge in [0.2, 0.25) is 0 Å². The first-order chi connectivity index (χ1) is 13.8. The zero-order valence-electron chi connectivity index (χ0n) is 18.3. The number of piperidine rings is 1. The maximum Gasteiger partial charge on any atom is 0.193 e. The number of halogens is 1. The van der Waals surface area contributed by atoms with Gasteiger partial charge >= 0.3 is 0 Å². The van der Waals surface area contributed by atoms with Crippen LogP contribution in [0.4, 0.5) is 0 Å². The van der Waals surface area contributed by atoms with Crippen LogP contribution < -0.4 is 5.32 Å². The van der Waals surface area contributed by atoms with Gasteiger partial charge < -0.3 is 24.4 Å². The van der Waals surface area contributed by atoms with E-state index < -0.39 is 0 Å². The molecule has 0 aromatic rings. The van der Waals surface area contributed by atoms with Crippen LogP contribution in [0.15, 0.2) is 4.99 Å². The van der Waals surface area contributed by atoms with Gasteiger partial charge in [0.15, 0.2) is 5.96 Å². The van der Waals surface area contributed by atoms with Crippen LogP contribution in [0.1, 0.15) is 44.9 Å². The van der Waals surface area contributed by atoms with Crippen molar-refractivity contribution < 1.29 is 14.2 Å². The van der Waals surface area contributed by atoms with E-state index in [1.54, 1.807) is 7.11 Å². The molecule has 3 saturated heterocycles. The second-order valence-electron chi connectivity index (χ2n) is 8.26. The molecule has 0 bridgehead atoms. The van der Waals surface area contributed by atoms with E-state index in [1.807, 2.05) is 7.05 Å². The average Bonchev–Trinajstić information content (AvgIpc) is 3.20. The van der Waals surface area contributed by atoms with Gasteiger partial charge in [0.1, 0.15) is 0 Å². The molecule has 3 heterocycles. The summed E-state index contributed by atoms with van der Waals surface area (Å²) >= 11 is 0. The summed E-state index contributed by atoms with van der Waals surface area (Å²) < 4.78 is 17.2. The predicted molar refractivity (Wildman–Crippen MR) is 127 cm³/mol. The fraction of sp³-hybridized carbons (Fsp3) is 0.952. The molecule has 170 valence electrons. The molecule has 3 rings (SSSR count). The Morgan fingerprint density at radius 3 is 2.62 bits per heavy atom. The van der Waals surface area contributed by atoms with Crippen LogP contribution in [-0.4, -0.2) is 101 Å². The molecule has 1 N–H and O–H groups in total. The molecule has 0 aromatic heterocycles. The summed E-state index contributed by atoms with van der Waals surface area (Å²) in [5.74, 6) is 1.03. The van der Waals surface area contributed by atoms with Crippen molar-refractivity contribution in [1.82, 2.24) is 15.1 Å². The van der Waals surface area contributed by atoms with Crippen molar-refractivity contribution in [2.24, 2.45) is 4.99 Å². The zero-order valence-corrected chi connectivity index (χ0v) is 20.6. The third kappa shape index (κ3) is 8.12. The number of nitrogens with one attached hydrogen (secondary N) is 1. The van der Waals surface area contributed by atoms with Crippen LogP contribution in [-0.2, 0) is 14.2 Å². The van der Waals surface area contributed by atoms with E-state index in [0.717, 1.165) is 71.2 Å². The zero-order chi connectivity index (χ0) is 19.6. The van der Waals surface area contributed by atoms with Gasteiger partial charge in [-0.15, -0.1) is 24.0 Å². The number of hydrogen-bond donors (Lipinski definition) is 1. The van der Waals surface area contributed by atoms with E-state index in [2.05, 4.69) is 20.1 Å². The molecule has 0 aromatic carbocycles. The van der Waals surface area contributed by atoms with Gasteiger partial charge in [0.25, 0.3) is 0 Å². The summed E-state index contributed by atoms with van der Waals surface area (Å²) in [5, 5.41) is 3.62. The molecule has 3 aliphatic rings. The molecular formula is C21H41IN4O3. The lowest BCUT2D eigenvalue weighted by Gasteiger charge is -2.35. The highest BCUT2D eigenvalue weighted by Crippen LogP contribution is 2.19. The summed E-state index contributed by atoms with van der Waals surface area (Å²) in [7, 11) is 3.67. The van der Waals surface area contributed by atoms with Gasteiger partial charge in [-0.1, -0.05) is 0 Å². The molecule has 0 aliphatic carbocycles. The molecule has 3 aliphatic heterocycles. The first kappa shape index (κ1) is 25.1. The van der Waals surface area contributed by atoms with Crippen molar-refractivity contribution in [2.45, 2.75) is 63.2 Å². The Kier molecular flexibility index (Phi) is 12.1. The fourth-order valence-electron chi connectivity index (χ4n) is 4.59. The molecule has 29 heavy (non-hydrogen) atoms. The third-order valence-corrected chi connectivity index (χ3v) is 6.32. The number of hydrogen-bond acceptors (Lipinski definition) is 5. The average molecular weight is 524 g/mol. The normalized spacial score (nSPS) is 27.1. The fourth-order valence-corrected chi connectivity index (χ4v) is 4.59. The van der Waals surface area contributed by atoms with Crippen molar-refractivity contribution in [2.75, 3.05) is 66.7 Å². The van der Waals surface area contributed by atoms with E-state index in [-0.39, 0.29) is 24.0 Å². The highest BCUT2D eigenvalue weighted by Gasteiger charge is 2.27. The topological polar surface area (TPSA) is 58.6 Å². The number of nitrogens with zero attached hydrogens (tertiary/aromatic N) is 3. The van der Waals surface area contributed by atoms with Crippen molar-refractivity contribution in [1.29, 1.82) is 0 Å². The van der Waals surface area contributed by atoms with Crippen molar-refractivity contribution in [3.05, 3.63) is 0 Å². The van der Waals surface area contributed by atoms with Crippen LogP contribution >= 0.6 is 24.0 Å². The SMILES string of the molecule is CN=C(NCC1CCCN1CCOC)N1CCC(OCC2CCCCO2)CC1.I. The Balaban J connectivity index is 0.00000300. The Morgan fingerprint density at radius 2 is 1.93 bits per heavy atom. The minimum Gasteiger partial charge on any atom is -0.383 e. The number of guanidine groups is 1. The number of rotatable bonds is 8. The van der Waals surface area contributed by atoms with Crippen LogP contribution in [0, 0.1) is 0 Å². The molecule has 8 heteroatoms. The summed E-state index contributed by atoms with van der Waals surface area (Å²) in [6.45, 7) is 7.66. The minimum absolute atomic E-state index is 0. The van der Waals surface area contributed by atoms with E-state index >= 15 is 0 Å². The summed E-state index contributed by atoms with van der Waals surface area (Å²) in [4.78, 5) is 9.45. The van der Waals surface area contributed by atoms with E-state index in [4.69, 9.17) is 14.2 Å². The van der Waals surface area contributed by atoms with Gasteiger partial charge in [-0.2, -0.15) is 0 Å². The van der Waals surface area contributed by atoms with Crippen molar-refractivity contribution in [3.8, 4) is 0 Å². The van der Waals surface area contributed by atoms with Gasteiger partial charge in [0, 0.05) is 53.0 Å². The molecule has 3 fully saturated rings. The molecule has 0 amide bonds. The lowest BCUT2D eigenvalue weighted by atomic mass is 10.1. The van der Waals surface area contributed by atoms with Gasteiger partial charge in [-0.05, 0) is 51.5 Å². The van der Waals surface area contributed by atoms with Crippen molar-refractivity contribution >= 4 is 29.9 Å². The first-order valence-corrected chi connectivity index (χ1v) is 11.2. The number of ether oxygens (including phenoxy) is 3. The van der Waals surface area contributed by atoms with Crippen molar-refractivity contribution in [3.63, 3.8) is 0 Å². The largest absolute Gasteiger partial charge is 0.383 e. The van der Waals surface area contributed by atoms with E-state index in [0.29, 0.717) is 18.2 Å². The monoisotopic (exact) mass is 524 g/mol. The lowest BCUT2D eigenvalue weighted by molar-refractivity contribution is -0.0721. The minimum atomic E-state index is 0. The number of methoxy groups -OCH3 is 1. The number of aliphatic imine (C=N–C) groups is 1. The Hall–Kier alpha value is -0.160. The predicted octanol–water partition coefficient (Wildman–Crippen LogP) is 2.34. The smallest absolute Gasteiger partial charge is 0.193 e. The van der Waals surface area contributed by atoms with Crippen LogP contribution in [0.3, 0.4) is 0 Å². The highest BCUT2D eigenvalue weighted by molar-refractivity contribution is 14.0. The van der Waals surface area contributed by atoms with Crippen LogP contribution in [0.2, 0.25) is 0 Å². The molecular weight excluding hydrogens is 483 g/mol. The summed E-state index contributed by atoms with van der Waals surface area (Å²) in [5.41, 5.74) is 0. The van der Waals surface area contributed by atoms with Gasteiger partial charge in [0.05, 0.1) is 25.4 Å². The lowest BCUT2D eigenvalue weighted by Crippen LogP contribution is -2.50. The summed E-state index contributed by atoms with van der Waals surface area (Å²) in [6, 6.07) is 0.586. The second kappa shape index (κ2) is 14.0. The Morgan fingerprint density at radius 1 is 1.10 bits per heavy atom. The maximum atomic E-state index is 6.15. The molecule has 0 saturated carbocycles. The quantitative estimate of drug-likeness (QED) is 0.299. The second-order valence-corrected chi connectivity index (χ2v) is 8.26. The standard InChI is InChI=1S/C21H40N4O3.HI/c1-22-21(23-16-18-6-5-10-24(18)13-15-26-2)25-11-8-19(9-12-25)28-17-20-7-3-4-14-27-20;/h18-20H,3-17H2,1-2H3,(H,22,23);1H. The van der Waals surface area contributed by atoms with E-state index in [9.17, 15) is 0 Å². The Bertz CT molecular complexity index is 469. The first-order valence-electron chi connectivity index (χ1n) is 11.2. The Labute approximate surface area is 193 Å².